The van der Waals surface area contributed by atoms with E-state index in [4.69, 9.17) is 5.26 Å². The van der Waals surface area contributed by atoms with Gasteiger partial charge >= 0.3 is 0 Å². The standard InChI is InChI=1S/C12H22N2/c1-10(9-13)11(2)14-12-7-5-3-4-6-8-12/h10-12,14H,3-8H2,1-2H3. The Bertz CT molecular complexity index is 187. The summed E-state index contributed by atoms with van der Waals surface area (Å²) in [5.41, 5.74) is 0. The molecule has 1 saturated carbocycles. The maximum atomic E-state index is 8.80. The molecule has 0 heterocycles. The molecular weight excluding hydrogens is 172 g/mol. The van der Waals surface area contributed by atoms with E-state index in [1.54, 1.807) is 0 Å². The van der Waals surface area contributed by atoms with Crippen LogP contribution in [0.25, 0.3) is 0 Å². The second-order valence-electron chi connectivity index (χ2n) is 4.56. The number of nitrogens with one attached hydrogen (secondary N) is 1. The molecule has 0 aromatic rings. The first kappa shape index (κ1) is 11.5. The molecule has 14 heavy (non-hydrogen) atoms. The molecule has 0 saturated heterocycles. The summed E-state index contributed by atoms with van der Waals surface area (Å²) in [7, 11) is 0. The highest BCUT2D eigenvalue weighted by Crippen LogP contribution is 2.18. The molecule has 0 aromatic heterocycles. The van der Waals surface area contributed by atoms with Crippen molar-refractivity contribution < 1.29 is 0 Å². The van der Waals surface area contributed by atoms with Crippen molar-refractivity contribution in [3.8, 4) is 6.07 Å². The lowest BCUT2D eigenvalue weighted by Gasteiger charge is -2.23. The number of nitriles is 1. The molecule has 2 unspecified atom stereocenters. The van der Waals surface area contributed by atoms with Gasteiger partial charge in [0.15, 0.2) is 0 Å². The Morgan fingerprint density at radius 2 is 1.71 bits per heavy atom. The highest BCUT2D eigenvalue weighted by atomic mass is 14.9. The predicted molar refractivity (Wildman–Crippen MR) is 58.9 cm³/mol. The van der Waals surface area contributed by atoms with Crippen molar-refractivity contribution in [3.05, 3.63) is 0 Å². The number of hydrogen-bond acceptors (Lipinski definition) is 2. The third-order valence-corrected chi connectivity index (χ3v) is 3.31. The third kappa shape index (κ3) is 3.67. The van der Waals surface area contributed by atoms with Gasteiger partial charge in [-0.3, -0.25) is 0 Å². The molecule has 2 nitrogen and oxygen atoms in total. The van der Waals surface area contributed by atoms with E-state index >= 15 is 0 Å². The lowest BCUT2D eigenvalue weighted by molar-refractivity contribution is 0.370. The van der Waals surface area contributed by atoms with E-state index in [1.807, 2.05) is 6.92 Å². The minimum atomic E-state index is 0.123. The van der Waals surface area contributed by atoms with Crippen LogP contribution in [0.15, 0.2) is 0 Å². The van der Waals surface area contributed by atoms with E-state index in [0.717, 1.165) is 0 Å². The van der Waals surface area contributed by atoms with Crippen molar-refractivity contribution in [3.63, 3.8) is 0 Å². The van der Waals surface area contributed by atoms with Crippen LogP contribution in [-0.2, 0) is 0 Å². The summed E-state index contributed by atoms with van der Waals surface area (Å²) in [5, 5.41) is 12.4. The molecule has 1 fully saturated rings. The average molecular weight is 194 g/mol. The molecule has 1 aliphatic carbocycles. The van der Waals surface area contributed by atoms with Crippen LogP contribution in [0.1, 0.15) is 52.4 Å². The van der Waals surface area contributed by atoms with Crippen molar-refractivity contribution >= 4 is 0 Å². The Balaban J connectivity index is 2.31. The topological polar surface area (TPSA) is 35.8 Å². The van der Waals surface area contributed by atoms with Crippen molar-refractivity contribution in [1.82, 2.24) is 5.32 Å². The number of hydrogen-bond donors (Lipinski definition) is 1. The molecule has 2 atom stereocenters. The highest BCUT2D eigenvalue weighted by Gasteiger charge is 2.17. The minimum absolute atomic E-state index is 0.123. The predicted octanol–water partition coefficient (Wildman–Crippen LogP) is 2.85. The largest absolute Gasteiger partial charge is 0.310 e. The smallest absolute Gasteiger partial charge is 0.0669 e. The molecule has 0 amide bonds. The van der Waals surface area contributed by atoms with Crippen LogP contribution < -0.4 is 5.32 Å². The zero-order valence-electron chi connectivity index (χ0n) is 9.42. The van der Waals surface area contributed by atoms with Gasteiger partial charge in [-0.25, -0.2) is 0 Å². The molecule has 0 radical (unpaired) electrons. The van der Waals surface area contributed by atoms with Crippen molar-refractivity contribution in [2.45, 2.75) is 64.5 Å². The van der Waals surface area contributed by atoms with Crippen LogP contribution in [0.4, 0.5) is 0 Å². The summed E-state index contributed by atoms with van der Waals surface area (Å²) in [6, 6.07) is 3.30. The lowest BCUT2D eigenvalue weighted by Crippen LogP contribution is -2.39. The van der Waals surface area contributed by atoms with Gasteiger partial charge in [-0.15, -0.1) is 0 Å². The van der Waals surface area contributed by atoms with E-state index in [9.17, 15) is 0 Å². The molecule has 1 N–H and O–H groups in total. The second kappa shape index (κ2) is 6.03. The van der Waals surface area contributed by atoms with E-state index in [1.165, 1.54) is 38.5 Å². The van der Waals surface area contributed by atoms with Crippen LogP contribution >= 0.6 is 0 Å². The Morgan fingerprint density at radius 3 is 2.21 bits per heavy atom. The van der Waals surface area contributed by atoms with Crippen molar-refractivity contribution in [2.24, 2.45) is 5.92 Å². The average Bonchev–Trinajstić information content (AvgIpc) is 2.45. The van der Waals surface area contributed by atoms with E-state index in [-0.39, 0.29) is 5.92 Å². The van der Waals surface area contributed by atoms with Gasteiger partial charge in [0, 0.05) is 12.1 Å². The summed E-state index contributed by atoms with van der Waals surface area (Å²) in [5.74, 6) is 0.123. The molecule has 2 heteroatoms. The number of rotatable bonds is 3. The Labute approximate surface area is 87.7 Å². The van der Waals surface area contributed by atoms with E-state index in [2.05, 4.69) is 18.3 Å². The van der Waals surface area contributed by atoms with Crippen LogP contribution in [-0.4, -0.2) is 12.1 Å². The Hall–Kier alpha value is -0.550. The van der Waals surface area contributed by atoms with Gasteiger partial charge in [-0.2, -0.15) is 5.26 Å². The fraction of sp³-hybridized carbons (Fsp3) is 0.917. The monoisotopic (exact) mass is 194 g/mol. The summed E-state index contributed by atoms with van der Waals surface area (Å²) in [6.07, 6.45) is 8.07. The van der Waals surface area contributed by atoms with Gasteiger partial charge in [-0.05, 0) is 26.7 Å². The minimum Gasteiger partial charge on any atom is -0.310 e. The summed E-state index contributed by atoms with van der Waals surface area (Å²) in [6.45, 7) is 4.12. The molecule has 0 bridgehead atoms. The third-order valence-electron chi connectivity index (χ3n) is 3.31. The van der Waals surface area contributed by atoms with Crippen LogP contribution in [0.2, 0.25) is 0 Å². The first-order valence-electron chi connectivity index (χ1n) is 5.89. The SMILES string of the molecule is CC(C#N)C(C)NC1CCCCCC1. The quantitative estimate of drug-likeness (QED) is 0.701. The van der Waals surface area contributed by atoms with E-state index in [0.29, 0.717) is 12.1 Å². The van der Waals surface area contributed by atoms with Gasteiger partial charge in [0.25, 0.3) is 0 Å². The summed E-state index contributed by atoms with van der Waals surface area (Å²) in [4.78, 5) is 0. The summed E-state index contributed by atoms with van der Waals surface area (Å²) >= 11 is 0. The van der Waals surface area contributed by atoms with Crippen LogP contribution in [0.5, 0.6) is 0 Å². The summed E-state index contributed by atoms with van der Waals surface area (Å²) < 4.78 is 0. The first-order chi connectivity index (χ1) is 6.74. The molecule has 0 aromatic carbocycles. The van der Waals surface area contributed by atoms with Gasteiger partial charge in [0.05, 0.1) is 12.0 Å². The molecular formula is C12H22N2. The molecule has 80 valence electrons. The van der Waals surface area contributed by atoms with Gasteiger partial charge in [-0.1, -0.05) is 25.7 Å². The van der Waals surface area contributed by atoms with E-state index < -0.39 is 0 Å². The molecule has 1 aliphatic rings. The maximum absolute atomic E-state index is 8.80. The number of nitrogens with zero attached hydrogens (tertiary/aromatic N) is 1. The molecule has 0 aliphatic heterocycles. The maximum Gasteiger partial charge on any atom is 0.0669 e. The normalized spacial score (nSPS) is 23.5. The highest BCUT2D eigenvalue weighted by molar-refractivity contribution is 4.88. The van der Waals surface area contributed by atoms with Gasteiger partial charge < -0.3 is 5.32 Å². The first-order valence-corrected chi connectivity index (χ1v) is 5.89. The fourth-order valence-corrected chi connectivity index (χ4v) is 2.07. The lowest BCUT2D eigenvalue weighted by atomic mass is 10.0. The van der Waals surface area contributed by atoms with Gasteiger partial charge in [0.1, 0.15) is 0 Å². The molecule has 1 rings (SSSR count). The fourth-order valence-electron chi connectivity index (χ4n) is 2.07. The zero-order chi connectivity index (χ0) is 10.4. The van der Waals surface area contributed by atoms with Crippen LogP contribution in [0, 0.1) is 17.2 Å². The Morgan fingerprint density at radius 1 is 1.14 bits per heavy atom. The van der Waals surface area contributed by atoms with Crippen molar-refractivity contribution in [1.29, 1.82) is 5.26 Å². The van der Waals surface area contributed by atoms with Crippen LogP contribution in [0.3, 0.4) is 0 Å². The molecule has 0 spiro atoms. The van der Waals surface area contributed by atoms with Gasteiger partial charge in [0.2, 0.25) is 0 Å². The van der Waals surface area contributed by atoms with Crippen molar-refractivity contribution in [2.75, 3.05) is 0 Å². The Kier molecular flexibility index (Phi) is 4.97. The zero-order valence-corrected chi connectivity index (χ0v) is 9.42. The second-order valence-corrected chi connectivity index (χ2v) is 4.56.